The van der Waals surface area contributed by atoms with Gasteiger partial charge in [-0.15, -0.1) is 0 Å². The van der Waals surface area contributed by atoms with Crippen molar-refractivity contribution in [1.82, 2.24) is 10.4 Å². The summed E-state index contributed by atoms with van der Waals surface area (Å²) < 4.78 is 18.7. The largest absolute Gasteiger partial charge is 0.423 e. The fourth-order valence-corrected chi connectivity index (χ4v) is 2.14. The van der Waals surface area contributed by atoms with Crippen molar-refractivity contribution in [3.8, 4) is 5.75 Å². The third-order valence-corrected chi connectivity index (χ3v) is 3.49. The van der Waals surface area contributed by atoms with Crippen LogP contribution in [0.2, 0.25) is 0 Å². The summed E-state index contributed by atoms with van der Waals surface area (Å²) in [6, 6.07) is 15.2. The first-order chi connectivity index (χ1) is 13.1. The smallest absolute Gasteiger partial charge is 0.346 e. The average molecular weight is 363 g/mol. The van der Waals surface area contributed by atoms with E-state index in [-0.39, 0.29) is 17.2 Å². The molecule has 0 spiro atoms. The molecular weight excluding hydrogens is 349 g/mol. The number of hydrazone groups is 1. The topological polar surface area (TPSA) is 80.6 Å². The maximum absolute atomic E-state index is 13.6. The number of rotatable bonds is 5. The highest BCUT2D eigenvalue weighted by Gasteiger charge is 2.13. The lowest BCUT2D eigenvalue weighted by Crippen LogP contribution is -2.17. The summed E-state index contributed by atoms with van der Waals surface area (Å²) in [7, 11) is 0. The number of carbonyl (C=O) groups is 2. The summed E-state index contributed by atoms with van der Waals surface area (Å²) in [5.74, 6) is -1.54. The maximum atomic E-state index is 13.6. The van der Waals surface area contributed by atoms with Gasteiger partial charge in [-0.05, 0) is 54.1 Å². The van der Waals surface area contributed by atoms with Crippen LogP contribution >= 0.6 is 0 Å². The van der Waals surface area contributed by atoms with Gasteiger partial charge >= 0.3 is 5.97 Å². The van der Waals surface area contributed by atoms with Crippen LogP contribution in [0, 0.1) is 5.82 Å². The van der Waals surface area contributed by atoms with Gasteiger partial charge in [0.15, 0.2) is 0 Å². The number of aromatic nitrogens is 1. The first-order valence-corrected chi connectivity index (χ1v) is 7.94. The van der Waals surface area contributed by atoms with Gasteiger partial charge in [-0.3, -0.25) is 9.78 Å². The van der Waals surface area contributed by atoms with Gasteiger partial charge in [0.25, 0.3) is 5.91 Å². The van der Waals surface area contributed by atoms with E-state index in [2.05, 4.69) is 15.5 Å². The van der Waals surface area contributed by atoms with E-state index in [4.69, 9.17) is 4.74 Å². The van der Waals surface area contributed by atoms with Gasteiger partial charge in [0, 0.05) is 12.4 Å². The number of nitrogens with one attached hydrogen (secondary N) is 1. The van der Waals surface area contributed by atoms with Crippen LogP contribution in [0.25, 0.3) is 0 Å². The first-order valence-electron chi connectivity index (χ1n) is 7.94. The van der Waals surface area contributed by atoms with Crippen molar-refractivity contribution in [2.24, 2.45) is 5.10 Å². The molecule has 7 heteroatoms. The molecule has 0 unspecified atom stereocenters. The Bertz CT molecular complexity index is 973. The summed E-state index contributed by atoms with van der Waals surface area (Å²) in [5, 5.41) is 3.86. The molecule has 1 N–H and O–H groups in total. The number of benzene rings is 2. The molecule has 6 nitrogen and oxygen atoms in total. The molecule has 134 valence electrons. The number of hydrogen-bond donors (Lipinski definition) is 1. The van der Waals surface area contributed by atoms with Crippen molar-refractivity contribution in [1.29, 1.82) is 0 Å². The van der Waals surface area contributed by atoms with Crippen molar-refractivity contribution in [2.45, 2.75) is 0 Å². The van der Waals surface area contributed by atoms with E-state index in [0.717, 1.165) is 0 Å². The van der Waals surface area contributed by atoms with Crippen LogP contribution in [-0.4, -0.2) is 23.1 Å². The van der Waals surface area contributed by atoms with Gasteiger partial charge < -0.3 is 4.74 Å². The van der Waals surface area contributed by atoms with Crippen LogP contribution in [0.1, 0.15) is 26.3 Å². The maximum Gasteiger partial charge on any atom is 0.346 e. The molecule has 0 bridgehead atoms. The zero-order valence-corrected chi connectivity index (χ0v) is 14.0. The number of esters is 1. The zero-order chi connectivity index (χ0) is 19.1. The Labute approximate surface area is 154 Å². The normalized spacial score (nSPS) is 10.6. The first kappa shape index (κ1) is 17.9. The Morgan fingerprint density at radius 3 is 2.52 bits per heavy atom. The Kier molecular flexibility index (Phi) is 5.64. The van der Waals surface area contributed by atoms with Crippen LogP contribution in [-0.2, 0) is 0 Å². The Balaban J connectivity index is 1.58. The van der Waals surface area contributed by atoms with Gasteiger partial charge in [-0.2, -0.15) is 5.10 Å². The fraction of sp³-hybridized carbons (Fsp3) is 0. The minimum atomic E-state index is -0.779. The Hall–Kier alpha value is -3.87. The predicted octanol–water partition coefficient (Wildman–Crippen LogP) is 3.20. The van der Waals surface area contributed by atoms with E-state index in [1.165, 1.54) is 30.6 Å². The van der Waals surface area contributed by atoms with Crippen molar-refractivity contribution in [2.75, 3.05) is 0 Å². The molecule has 1 amide bonds. The molecule has 0 aliphatic rings. The SMILES string of the molecule is O=C(N/N=C/c1ccc(OC(=O)c2ccccc2F)cc1)c1cccnc1. The molecule has 3 aromatic rings. The summed E-state index contributed by atoms with van der Waals surface area (Å²) in [5.41, 5.74) is 3.31. The Morgan fingerprint density at radius 1 is 1.04 bits per heavy atom. The lowest BCUT2D eigenvalue weighted by atomic mass is 10.2. The third-order valence-electron chi connectivity index (χ3n) is 3.49. The summed E-state index contributed by atoms with van der Waals surface area (Å²) in [6.45, 7) is 0. The molecule has 0 saturated heterocycles. The van der Waals surface area contributed by atoms with Crippen molar-refractivity contribution in [3.05, 3.63) is 95.6 Å². The highest BCUT2D eigenvalue weighted by atomic mass is 19.1. The summed E-state index contributed by atoms with van der Waals surface area (Å²) >= 11 is 0. The second-order valence-electron chi connectivity index (χ2n) is 5.38. The number of hydrogen-bond acceptors (Lipinski definition) is 5. The standard InChI is InChI=1S/C20H14FN3O3/c21-18-6-2-1-5-17(18)20(26)27-16-9-7-14(8-10-16)12-23-24-19(25)15-4-3-11-22-13-15/h1-13H,(H,24,25)/b23-12+. The number of halogens is 1. The zero-order valence-electron chi connectivity index (χ0n) is 14.0. The lowest BCUT2D eigenvalue weighted by Gasteiger charge is -2.05. The fourth-order valence-electron chi connectivity index (χ4n) is 2.14. The van der Waals surface area contributed by atoms with E-state index in [1.807, 2.05) is 0 Å². The van der Waals surface area contributed by atoms with Gasteiger partial charge in [0.2, 0.25) is 0 Å². The van der Waals surface area contributed by atoms with E-state index >= 15 is 0 Å². The van der Waals surface area contributed by atoms with E-state index in [1.54, 1.807) is 48.7 Å². The van der Waals surface area contributed by atoms with E-state index in [9.17, 15) is 14.0 Å². The molecule has 0 saturated carbocycles. The highest BCUT2D eigenvalue weighted by molar-refractivity contribution is 5.94. The highest BCUT2D eigenvalue weighted by Crippen LogP contribution is 2.15. The van der Waals surface area contributed by atoms with Crippen LogP contribution in [0.3, 0.4) is 0 Å². The van der Waals surface area contributed by atoms with Crippen molar-refractivity contribution >= 4 is 18.1 Å². The molecule has 2 aromatic carbocycles. The van der Waals surface area contributed by atoms with Crippen LogP contribution in [0.15, 0.2) is 78.2 Å². The minimum absolute atomic E-state index is 0.138. The number of carbonyl (C=O) groups excluding carboxylic acids is 2. The molecule has 0 aliphatic carbocycles. The van der Waals surface area contributed by atoms with Crippen LogP contribution < -0.4 is 10.2 Å². The third kappa shape index (κ3) is 4.82. The molecule has 1 aromatic heterocycles. The van der Waals surface area contributed by atoms with Crippen LogP contribution in [0.5, 0.6) is 5.75 Å². The van der Waals surface area contributed by atoms with Crippen LogP contribution in [0.4, 0.5) is 4.39 Å². The van der Waals surface area contributed by atoms with Gasteiger partial charge in [-0.25, -0.2) is 14.6 Å². The van der Waals surface area contributed by atoms with Gasteiger partial charge in [0.1, 0.15) is 11.6 Å². The molecule has 1 heterocycles. The molecule has 3 rings (SSSR count). The second kappa shape index (κ2) is 8.48. The molecule has 0 aliphatic heterocycles. The monoisotopic (exact) mass is 363 g/mol. The molecule has 0 fully saturated rings. The number of pyridine rings is 1. The van der Waals surface area contributed by atoms with E-state index in [0.29, 0.717) is 11.1 Å². The summed E-state index contributed by atoms with van der Waals surface area (Å²) in [6.07, 6.45) is 4.45. The van der Waals surface area contributed by atoms with Crippen molar-refractivity contribution in [3.63, 3.8) is 0 Å². The lowest BCUT2D eigenvalue weighted by molar-refractivity contribution is 0.0729. The van der Waals surface area contributed by atoms with Gasteiger partial charge in [-0.1, -0.05) is 12.1 Å². The van der Waals surface area contributed by atoms with E-state index < -0.39 is 11.8 Å². The predicted molar refractivity (Wildman–Crippen MR) is 97.1 cm³/mol. The Morgan fingerprint density at radius 2 is 1.81 bits per heavy atom. The number of nitrogens with zero attached hydrogens (tertiary/aromatic N) is 2. The molecule has 0 atom stereocenters. The average Bonchev–Trinajstić information content (AvgIpc) is 2.70. The number of amides is 1. The van der Waals surface area contributed by atoms with Crippen molar-refractivity contribution < 1.29 is 18.7 Å². The quantitative estimate of drug-likeness (QED) is 0.327. The summed E-state index contributed by atoms with van der Waals surface area (Å²) in [4.78, 5) is 27.6. The van der Waals surface area contributed by atoms with Gasteiger partial charge in [0.05, 0.1) is 17.3 Å². The minimum Gasteiger partial charge on any atom is -0.423 e. The molecular formula is C20H14FN3O3. The second-order valence-corrected chi connectivity index (χ2v) is 5.38. The molecule has 0 radical (unpaired) electrons. The number of ether oxygens (including phenoxy) is 1. The molecule has 27 heavy (non-hydrogen) atoms.